The molecule has 4 rings (SSSR count). The van der Waals surface area contributed by atoms with Crippen LogP contribution in [-0.4, -0.2) is 40.1 Å². The molecule has 2 fully saturated rings. The molecule has 2 aromatic rings. The maximum atomic E-state index is 4.71. The van der Waals surface area contributed by atoms with Gasteiger partial charge in [0.1, 0.15) is 5.82 Å². The van der Waals surface area contributed by atoms with Gasteiger partial charge in [0.05, 0.1) is 4.88 Å². The monoisotopic (exact) mass is 358 g/mol. The lowest BCUT2D eigenvalue weighted by molar-refractivity contribution is 0.222. The highest BCUT2D eigenvalue weighted by Crippen LogP contribution is 2.33. The minimum Gasteiger partial charge on any atom is -0.327 e. The summed E-state index contributed by atoms with van der Waals surface area (Å²) in [6, 6.07) is 5.81. The van der Waals surface area contributed by atoms with Crippen molar-refractivity contribution in [3.8, 4) is 10.7 Å². The molecule has 4 heterocycles. The number of hydrogen-bond donors (Lipinski definition) is 1. The first-order valence-corrected chi connectivity index (χ1v) is 10.7. The van der Waals surface area contributed by atoms with Gasteiger partial charge in [-0.25, -0.2) is 4.98 Å². The minimum absolute atomic E-state index is 0.580. The third-order valence-electron chi connectivity index (χ3n) is 5.73. The van der Waals surface area contributed by atoms with Crippen LogP contribution >= 0.6 is 11.3 Å². The molecule has 2 saturated heterocycles. The molecule has 1 N–H and O–H groups in total. The lowest BCUT2D eigenvalue weighted by Crippen LogP contribution is -2.38. The van der Waals surface area contributed by atoms with Crippen molar-refractivity contribution < 1.29 is 0 Å². The van der Waals surface area contributed by atoms with Crippen molar-refractivity contribution in [3.63, 3.8) is 0 Å². The predicted molar refractivity (Wildman–Crippen MR) is 105 cm³/mol. The van der Waals surface area contributed by atoms with Crippen LogP contribution in [-0.2, 0) is 6.54 Å². The van der Waals surface area contributed by atoms with E-state index in [1.165, 1.54) is 61.4 Å². The van der Waals surface area contributed by atoms with E-state index >= 15 is 0 Å². The minimum atomic E-state index is 0.580. The molecule has 2 aliphatic rings. The Morgan fingerprint density at radius 1 is 1.24 bits per heavy atom. The zero-order chi connectivity index (χ0) is 17.1. The molecule has 0 spiro atoms. The zero-order valence-electron chi connectivity index (χ0n) is 15.3. The molecule has 4 nitrogen and oxygen atoms in total. The van der Waals surface area contributed by atoms with Crippen molar-refractivity contribution in [2.75, 3.05) is 19.6 Å². The highest BCUT2D eigenvalue weighted by molar-refractivity contribution is 7.15. The summed E-state index contributed by atoms with van der Waals surface area (Å²) in [6.07, 6.45) is 11.9. The molecular weight excluding hydrogens is 328 g/mol. The van der Waals surface area contributed by atoms with E-state index in [9.17, 15) is 0 Å². The van der Waals surface area contributed by atoms with Gasteiger partial charge >= 0.3 is 0 Å². The second-order valence-electron chi connectivity index (χ2n) is 7.50. The first-order valence-electron chi connectivity index (χ1n) is 9.91. The Hall–Kier alpha value is -1.17. The highest BCUT2D eigenvalue weighted by Gasteiger charge is 2.24. The molecule has 2 aromatic heterocycles. The first kappa shape index (κ1) is 17.3. The van der Waals surface area contributed by atoms with Crippen molar-refractivity contribution in [1.82, 2.24) is 19.8 Å². The molecule has 0 amide bonds. The number of imidazole rings is 1. The fourth-order valence-corrected chi connectivity index (χ4v) is 5.32. The van der Waals surface area contributed by atoms with Crippen molar-refractivity contribution in [3.05, 3.63) is 29.4 Å². The third kappa shape index (κ3) is 3.99. The van der Waals surface area contributed by atoms with Crippen LogP contribution in [0.2, 0.25) is 0 Å². The zero-order valence-corrected chi connectivity index (χ0v) is 16.1. The van der Waals surface area contributed by atoms with Crippen molar-refractivity contribution in [1.29, 1.82) is 0 Å². The van der Waals surface area contributed by atoms with E-state index in [4.69, 9.17) is 4.98 Å². The van der Waals surface area contributed by atoms with Crippen molar-refractivity contribution in [2.45, 2.75) is 64.1 Å². The number of piperidine rings is 2. The van der Waals surface area contributed by atoms with Crippen LogP contribution in [0.4, 0.5) is 0 Å². The van der Waals surface area contributed by atoms with Gasteiger partial charge < -0.3 is 9.88 Å². The number of likely N-dealkylation sites (tertiary alicyclic amines) is 1. The van der Waals surface area contributed by atoms with Crippen LogP contribution in [0.3, 0.4) is 0 Å². The largest absolute Gasteiger partial charge is 0.327 e. The Balaban J connectivity index is 1.48. The third-order valence-corrected chi connectivity index (χ3v) is 6.80. The summed E-state index contributed by atoms with van der Waals surface area (Å²) in [5.74, 6) is 1.16. The van der Waals surface area contributed by atoms with Gasteiger partial charge in [-0.2, -0.15) is 0 Å². The van der Waals surface area contributed by atoms with Crippen LogP contribution in [0.25, 0.3) is 10.7 Å². The van der Waals surface area contributed by atoms with Crippen molar-refractivity contribution in [2.24, 2.45) is 0 Å². The van der Waals surface area contributed by atoms with Gasteiger partial charge in [0.15, 0.2) is 0 Å². The summed E-state index contributed by atoms with van der Waals surface area (Å²) in [4.78, 5) is 10.1. The SMILES string of the molecule is CC[C@@H]1C[C@H](n2ccnc2-c2ccc(CN3CCCCC3)s2)CCN1. The number of nitrogens with one attached hydrogen (secondary N) is 1. The Morgan fingerprint density at radius 2 is 2.12 bits per heavy atom. The van der Waals surface area contributed by atoms with Crippen LogP contribution in [0, 0.1) is 0 Å². The molecular formula is C20H30N4S. The fraction of sp³-hybridized carbons (Fsp3) is 0.650. The highest BCUT2D eigenvalue weighted by atomic mass is 32.1. The standard InChI is InChI=1S/C20H30N4S/c1-2-16-14-17(8-9-21-16)24-13-10-22-20(24)19-7-6-18(25-19)15-23-11-4-3-5-12-23/h6-7,10,13,16-17,21H,2-5,8-9,11-12,14-15H2,1H3/t16-,17-/m1/s1. The fourth-order valence-electron chi connectivity index (χ4n) is 4.27. The van der Waals surface area contributed by atoms with Crippen LogP contribution in [0.15, 0.2) is 24.5 Å². The molecule has 0 radical (unpaired) electrons. The van der Waals surface area contributed by atoms with E-state index in [-0.39, 0.29) is 0 Å². The normalized spacial score (nSPS) is 25.3. The number of hydrogen-bond acceptors (Lipinski definition) is 4. The summed E-state index contributed by atoms with van der Waals surface area (Å²) in [7, 11) is 0. The second-order valence-corrected chi connectivity index (χ2v) is 8.67. The van der Waals surface area contributed by atoms with E-state index in [2.05, 4.69) is 40.0 Å². The topological polar surface area (TPSA) is 33.1 Å². The Morgan fingerprint density at radius 3 is 2.96 bits per heavy atom. The van der Waals surface area contributed by atoms with E-state index in [0.29, 0.717) is 12.1 Å². The number of rotatable bonds is 5. The molecule has 0 aliphatic carbocycles. The quantitative estimate of drug-likeness (QED) is 0.865. The van der Waals surface area contributed by atoms with Gasteiger partial charge in [-0.1, -0.05) is 13.3 Å². The number of nitrogens with zero attached hydrogens (tertiary/aromatic N) is 3. The van der Waals surface area contributed by atoms with Gasteiger partial charge in [0.25, 0.3) is 0 Å². The average molecular weight is 359 g/mol. The van der Waals surface area contributed by atoms with E-state index in [1.54, 1.807) is 0 Å². The van der Waals surface area contributed by atoms with Gasteiger partial charge in [0.2, 0.25) is 0 Å². The van der Waals surface area contributed by atoms with Crippen LogP contribution < -0.4 is 5.32 Å². The first-order chi connectivity index (χ1) is 12.3. The van der Waals surface area contributed by atoms with E-state index in [1.807, 2.05) is 17.5 Å². The van der Waals surface area contributed by atoms with Gasteiger partial charge in [0, 0.05) is 35.9 Å². The Bertz CT molecular complexity index is 671. The van der Waals surface area contributed by atoms with Crippen LogP contribution in [0.1, 0.15) is 56.4 Å². The van der Waals surface area contributed by atoms with Crippen molar-refractivity contribution >= 4 is 11.3 Å². The molecule has 2 aliphatic heterocycles. The van der Waals surface area contributed by atoms with E-state index in [0.717, 1.165) is 18.9 Å². The molecule has 0 bridgehead atoms. The lowest BCUT2D eigenvalue weighted by atomic mass is 9.97. The second kappa shape index (κ2) is 8.02. The van der Waals surface area contributed by atoms with Gasteiger partial charge in [-0.05, 0) is 63.9 Å². The summed E-state index contributed by atoms with van der Waals surface area (Å²) in [5.41, 5.74) is 0. The van der Waals surface area contributed by atoms with E-state index < -0.39 is 0 Å². The molecule has 5 heteroatoms. The maximum Gasteiger partial charge on any atom is 0.150 e. The average Bonchev–Trinajstić information content (AvgIpc) is 3.32. The molecule has 25 heavy (non-hydrogen) atoms. The molecule has 2 atom stereocenters. The smallest absolute Gasteiger partial charge is 0.150 e. The summed E-state index contributed by atoms with van der Waals surface area (Å²) in [6.45, 7) is 7.02. The summed E-state index contributed by atoms with van der Waals surface area (Å²) in [5, 5.41) is 3.63. The molecule has 0 unspecified atom stereocenters. The van der Waals surface area contributed by atoms with Gasteiger partial charge in [-0.3, -0.25) is 4.90 Å². The molecule has 136 valence electrons. The maximum absolute atomic E-state index is 4.71. The summed E-state index contributed by atoms with van der Waals surface area (Å²) >= 11 is 1.93. The Kier molecular flexibility index (Phi) is 5.54. The van der Waals surface area contributed by atoms with Crippen LogP contribution in [0.5, 0.6) is 0 Å². The summed E-state index contributed by atoms with van der Waals surface area (Å²) < 4.78 is 2.43. The Labute approximate surface area is 155 Å². The predicted octanol–water partition coefficient (Wildman–Crippen LogP) is 4.30. The lowest BCUT2D eigenvalue weighted by Gasteiger charge is -2.31. The number of thiophene rings is 1. The van der Waals surface area contributed by atoms with Gasteiger partial charge in [-0.15, -0.1) is 11.3 Å². The number of aromatic nitrogens is 2. The molecule has 0 saturated carbocycles. The molecule has 0 aromatic carbocycles.